The molecule has 0 amide bonds. The number of carbonyl (C=O) groups is 5. The normalized spacial score (nSPS) is 11.0. The van der Waals surface area contributed by atoms with Gasteiger partial charge in [0, 0.05) is 25.0 Å². The summed E-state index contributed by atoms with van der Waals surface area (Å²) in [6.45, 7) is 3.64. The van der Waals surface area contributed by atoms with E-state index in [0.717, 1.165) is 38.5 Å². The third-order valence-corrected chi connectivity index (χ3v) is 11.2. The lowest BCUT2D eigenvalue weighted by Crippen LogP contribution is -2.32. The molecule has 2 rings (SSSR count). The first-order valence-electron chi connectivity index (χ1n) is 25.0. The summed E-state index contributed by atoms with van der Waals surface area (Å²) in [5.41, 5.74) is 0.378. The number of unbranched alkanes of at least 4 members (excludes halogenated alkanes) is 24. The molecule has 0 radical (unpaired) electrons. The third-order valence-electron chi connectivity index (χ3n) is 11.2. The number of hydrogen-bond acceptors (Lipinski definition) is 13. The second-order valence-corrected chi connectivity index (χ2v) is 17.1. The van der Waals surface area contributed by atoms with Crippen LogP contribution in [0.1, 0.15) is 206 Å². The van der Waals surface area contributed by atoms with Crippen molar-refractivity contribution < 1.29 is 57.3 Å². The van der Waals surface area contributed by atoms with E-state index in [2.05, 4.69) is 13.8 Å². The minimum absolute atomic E-state index is 0.0696. The summed E-state index contributed by atoms with van der Waals surface area (Å²) < 4.78 is 31.7. The van der Waals surface area contributed by atoms with E-state index in [1.165, 1.54) is 164 Å². The van der Waals surface area contributed by atoms with E-state index >= 15 is 0 Å². The Bertz CT molecular complexity index is 1580. The van der Waals surface area contributed by atoms with Gasteiger partial charge in [-0.2, -0.15) is 0 Å². The van der Waals surface area contributed by atoms with Crippen LogP contribution in [0.5, 0.6) is 11.5 Å². The second kappa shape index (κ2) is 38.1. The minimum atomic E-state index is -1.11. The summed E-state index contributed by atoms with van der Waals surface area (Å²) in [5.74, 6) is -2.54. The van der Waals surface area contributed by atoms with Crippen LogP contribution in [0.3, 0.4) is 0 Å². The van der Waals surface area contributed by atoms with Gasteiger partial charge < -0.3 is 28.4 Å². The highest BCUT2D eigenvalue weighted by atomic mass is 16.7. The van der Waals surface area contributed by atoms with Gasteiger partial charge in [-0.1, -0.05) is 180 Å². The van der Waals surface area contributed by atoms with Gasteiger partial charge in [-0.25, -0.2) is 4.79 Å². The van der Waals surface area contributed by atoms with Crippen LogP contribution >= 0.6 is 0 Å². The first-order chi connectivity index (χ1) is 32.1. The lowest BCUT2D eigenvalue weighted by atomic mass is 10.0. The Morgan fingerprint density at radius 1 is 0.470 bits per heavy atom. The van der Waals surface area contributed by atoms with E-state index < -0.39 is 47.5 Å². The predicted octanol–water partition coefficient (Wildman–Crippen LogP) is 13.6. The molecular weight excluding hydrogens is 847 g/mol. The topological polar surface area (TPSA) is 184 Å². The van der Waals surface area contributed by atoms with Crippen molar-refractivity contribution in [3.8, 4) is 11.5 Å². The van der Waals surface area contributed by atoms with E-state index in [0.29, 0.717) is 18.4 Å². The average molecular weight is 926 g/mol. The summed E-state index contributed by atoms with van der Waals surface area (Å²) in [6.07, 6.45) is 28.5. The van der Waals surface area contributed by atoms with Crippen LogP contribution < -0.4 is 9.47 Å². The number of rotatable bonds is 40. The molecule has 0 saturated carbocycles. The van der Waals surface area contributed by atoms with Crippen LogP contribution in [0, 0.1) is 10.1 Å². The molecule has 0 atom stereocenters. The highest BCUT2D eigenvalue weighted by Crippen LogP contribution is 2.20. The van der Waals surface area contributed by atoms with Crippen molar-refractivity contribution in [1.82, 2.24) is 0 Å². The highest BCUT2D eigenvalue weighted by Gasteiger charge is 2.22. The van der Waals surface area contributed by atoms with Crippen LogP contribution in [0.25, 0.3) is 0 Å². The number of hydrogen-bond donors (Lipinski definition) is 0. The Labute approximate surface area is 393 Å². The van der Waals surface area contributed by atoms with Crippen molar-refractivity contribution in [3.05, 3.63) is 64.2 Å². The molecule has 0 unspecified atom stereocenters. The van der Waals surface area contributed by atoms with Crippen molar-refractivity contribution in [2.24, 2.45) is 0 Å². The van der Waals surface area contributed by atoms with Gasteiger partial charge in [0.15, 0.2) is 6.10 Å². The van der Waals surface area contributed by atoms with E-state index in [-0.39, 0.29) is 49.8 Å². The van der Waals surface area contributed by atoms with Crippen molar-refractivity contribution in [2.45, 2.75) is 213 Å². The van der Waals surface area contributed by atoms with Crippen molar-refractivity contribution in [1.29, 1.82) is 0 Å². The molecule has 0 heterocycles. The van der Waals surface area contributed by atoms with Gasteiger partial charge in [-0.15, -0.1) is 0 Å². The number of nitro benzene ring substituents is 1. The zero-order valence-corrected chi connectivity index (χ0v) is 40.1. The Hall–Kier alpha value is -5.01. The lowest BCUT2D eigenvalue weighted by Gasteiger charge is -2.18. The van der Waals surface area contributed by atoms with Gasteiger partial charge in [0.1, 0.15) is 37.7 Å². The first-order valence-corrected chi connectivity index (χ1v) is 25.0. The Morgan fingerprint density at radius 2 is 0.848 bits per heavy atom. The van der Waals surface area contributed by atoms with Crippen LogP contribution in [0.2, 0.25) is 0 Å². The fraction of sp³-hybridized carbons (Fsp3) is 0.673. The number of nitro groups is 1. The van der Waals surface area contributed by atoms with Gasteiger partial charge in [-0.3, -0.25) is 29.3 Å². The molecule has 0 aliphatic carbocycles. The van der Waals surface area contributed by atoms with Gasteiger partial charge in [-0.05, 0) is 42.7 Å². The highest BCUT2D eigenvalue weighted by molar-refractivity contribution is 5.92. The van der Waals surface area contributed by atoms with Crippen LogP contribution in [-0.4, -0.2) is 54.3 Å². The van der Waals surface area contributed by atoms with Gasteiger partial charge in [0.25, 0.3) is 5.69 Å². The smallest absolute Gasteiger partial charge is 0.462 e. The summed E-state index contributed by atoms with van der Waals surface area (Å²) in [4.78, 5) is 73.0. The third kappa shape index (κ3) is 31.0. The maximum Gasteiger partial charge on any atom is 0.514 e. The molecule has 14 nitrogen and oxygen atoms in total. The monoisotopic (exact) mass is 926 g/mol. The molecule has 14 heteroatoms. The van der Waals surface area contributed by atoms with E-state index in [1.54, 1.807) is 0 Å². The molecule has 0 aliphatic heterocycles. The molecule has 2 aromatic rings. The average Bonchev–Trinajstić information content (AvgIpc) is 3.30. The standard InChI is InChI=1S/C52H79NO13/c1-3-5-7-9-11-13-15-17-19-21-23-25-27-29-48(54)61-41-47(42-62-49(55)30-28-26-24-22-20-18-16-14-12-10-8-6-4-2)65-51(57)39-50(56)64-45-35-31-43(32-36-45)40-63-52(58)66-46-37-33-44(34-38-46)53(59)60/h31-38,47H,3-30,39-42H2,1-2H3. The number of ether oxygens (including phenoxy) is 6. The molecule has 0 N–H and O–H groups in total. The zero-order chi connectivity index (χ0) is 47.9. The molecular formula is C52H79NO13. The predicted molar refractivity (Wildman–Crippen MR) is 253 cm³/mol. The maximum atomic E-state index is 12.8. The Balaban J connectivity index is 1.75. The van der Waals surface area contributed by atoms with E-state index in [4.69, 9.17) is 28.4 Å². The number of nitrogens with zero attached hydrogens (tertiary/aromatic N) is 1. The van der Waals surface area contributed by atoms with Crippen molar-refractivity contribution in [2.75, 3.05) is 13.2 Å². The van der Waals surface area contributed by atoms with Gasteiger partial charge in [0.05, 0.1) is 4.92 Å². The van der Waals surface area contributed by atoms with Crippen LogP contribution in [-0.2, 0) is 44.7 Å². The summed E-state index contributed by atoms with van der Waals surface area (Å²) in [6, 6.07) is 10.9. The van der Waals surface area contributed by atoms with E-state index in [9.17, 15) is 34.1 Å². The molecule has 2 aromatic carbocycles. The fourth-order valence-corrected chi connectivity index (χ4v) is 7.28. The second-order valence-electron chi connectivity index (χ2n) is 17.1. The SMILES string of the molecule is CCCCCCCCCCCCCCCC(=O)OCC(COC(=O)CCCCCCCCCCCCCCC)OC(=O)CC(=O)Oc1ccc(COC(=O)Oc2ccc([N+](=O)[O-])cc2)cc1. The van der Waals surface area contributed by atoms with Crippen molar-refractivity contribution >= 4 is 35.7 Å². The largest absolute Gasteiger partial charge is 0.514 e. The number of esters is 4. The maximum absolute atomic E-state index is 12.8. The number of benzene rings is 2. The summed E-state index contributed by atoms with van der Waals surface area (Å²) in [7, 11) is 0. The first kappa shape index (κ1) is 57.1. The van der Waals surface area contributed by atoms with Crippen molar-refractivity contribution in [3.63, 3.8) is 0 Å². The minimum Gasteiger partial charge on any atom is -0.462 e. The molecule has 0 fully saturated rings. The summed E-state index contributed by atoms with van der Waals surface area (Å²) >= 11 is 0. The quantitative estimate of drug-likeness (QED) is 0.00899. The molecule has 66 heavy (non-hydrogen) atoms. The zero-order valence-electron chi connectivity index (χ0n) is 40.1. The number of carbonyl (C=O) groups excluding carboxylic acids is 5. The fourth-order valence-electron chi connectivity index (χ4n) is 7.28. The van der Waals surface area contributed by atoms with Gasteiger partial charge >= 0.3 is 30.0 Å². The molecule has 0 spiro atoms. The van der Waals surface area contributed by atoms with E-state index in [1.807, 2.05) is 0 Å². The number of non-ortho nitro benzene ring substituents is 1. The van der Waals surface area contributed by atoms with Gasteiger partial charge in [0.2, 0.25) is 0 Å². The Morgan fingerprint density at radius 3 is 1.26 bits per heavy atom. The lowest BCUT2D eigenvalue weighted by molar-refractivity contribution is -0.384. The Kier molecular flexibility index (Phi) is 33.0. The molecule has 370 valence electrons. The molecule has 0 bridgehead atoms. The molecule has 0 saturated heterocycles. The van der Waals surface area contributed by atoms with Crippen LogP contribution in [0.15, 0.2) is 48.5 Å². The molecule has 0 aromatic heterocycles. The summed E-state index contributed by atoms with van der Waals surface area (Å²) in [5, 5.41) is 10.8. The molecule has 0 aliphatic rings. The van der Waals surface area contributed by atoms with Crippen LogP contribution in [0.4, 0.5) is 10.5 Å².